The van der Waals surface area contributed by atoms with E-state index in [2.05, 4.69) is 0 Å². The van der Waals surface area contributed by atoms with Gasteiger partial charge in [-0.05, 0) is 41.5 Å². The van der Waals surface area contributed by atoms with Crippen molar-refractivity contribution in [2.24, 2.45) is 0 Å². The van der Waals surface area contributed by atoms with Crippen molar-refractivity contribution in [3.05, 3.63) is 77.2 Å². The van der Waals surface area contributed by atoms with E-state index in [1.165, 1.54) is 24.3 Å². The third-order valence-corrected chi connectivity index (χ3v) is 3.18. The maximum Gasteiger partial charge on any atom is 0.258 e. The van der Waals surface area contributed by atoms with E-state index < -0.39 is 0 Å². The Morgan fingerprint density at radius 1 is 1.05 bits per heavy atom. The van der Waals surface area contributed by atoms with Gasteiger partial charge in [0.25, 0.3) is 5.91 Å². The van der Waals surface area contributed by atoms with Crippen molar-refractivity contribution in [3.8, 4) is 0 Å². The van der Waals surface area contributed by atoms with Crippen molar-refractivity contribution in [3.63, 3.8) is 0 Å². The van der Waals surface area contributed by atoms with E-state index in [0.29, 0.717) is 12.1 Å². The summed E-state index contributed by atoms with van der Waals surface area (Å²) in [6.45, 7) is 0.545. The van der Waals surface area contributed by atoms with Crippen molar-refractivity contribution in [2.45, 2.75) is 6.54 Å². The Morgan fingerprint density at radius 2 is 1.79 bits per heavy atom. The van der Waals surface area contributed by atoms with Crippen molar-refractivity contribution in [1.29, 1.82) is 0 Å². The van der Waals surface area contributed by atoms with Crippen LogP contribution < -0.4 is 0 Å². The Morgan fingerprint density at radius 3 is 2.58 bits per heavy atom. The fraction of sp³-hybridized carbons (Fsp3) is 0.0625. The second-order valence-electron chi connectivity index (χ2n) is 4.45. The van der Waals surface area contributed by atoms with Crippen molar-refractivity contribution >= 4 is 12.0 Å². The number of hydrogen-bond donors (Lipinski definition) is 0. The van der Waals surface area contributed by atoms with Crippen LogP contribution in [0.15, 0.2) is 54.7 Å². The molecule has 0 unspecified atom stereocenters. The van der Waals surface area contributed by atoms with E-state index in [4.69, 9.17) is 0 Å². The van der Waals surface area contributed by atoms with E-state index in [0.717, 1.165) is 11.1 Å². The summed E-state index contributed by atoms with van der Waals surface area (Å²) in [6.07, 6.45) is 3.69. The van der Waals surface area contributed by atoms with Crippen LogP contribution in [0.2, 0.25) is 0 Å². The average molecular weight is 253 g/mol. The summed E-state index contributed by atoms with van der Waals surface area (Å²) in [4.78, 5) is 13.9. The number of nitrogens with zero attached hydrogens (tertiary/aromatic N) is 1. The number of carbonyl (C=O) groups is 1. The average Bonchev–Trinajstić information content (AvgIpc) is 2.47. The van der Waals surface area contributed by atoms with Gasteiger partial charge in [-0.1, -0.05) is 24.3 Å². The molecular weight excluding hydrogens is 241 g/mol. The Hall–Kier alpha value is -2.42. The standard InChI is InChI=1S/C16H12FNO/c17-15-7-5-13(6-8-15)16(19)18-10-9-12-3-1-2-4-14(12)11-18/h1-10H,11H2. The first-order valence-corrected chi connectivity index (χ1v) is 6.07. The van der Waals surface area contributed by atoms with Crippen molar-refractivity contribution in [1.82, 2.24) is 4.90 Å². The molecule has 19 heavy (non-hydrogen) atoms. The molecule has 1 aliphatic rings. The molecule has 2 aromatic rings. The quantitative estimate of drug-likeness (QED) is 0.762. The van der Waals surface area contributed by atoms with Crippen LogP contribution in [0.5, 0.6) is 0 Å². The van der Waals surface area contributed by atoms with Gasteiger partial charge in [-0.25, -0.2) is 4.39 Å². The summed E-state index contributed by atoms with van der Waals surface area (Å²) in [7, 11) is 0. The molecule has 0 saturated carbocycles. The highest BCUT2D eigenvalue weighted by Crippen LogP contribution is 2.21. The van der Waals surface area contributed by atoms with Gasteiger partial charge in [0, 0.05) is 11.8 Å². The topological polar surface area (TPSA) is 20.3 Å². The maximum atomic E-state index is 12.9. The molecule has 0 radical (unpaired) electrons. The van der Waals surface area contributed by atoms with Crippen LogP contribution in [0.1, 0.15) is 21.5 Å². The van der Waals surface area contributed by atoms with Gasteiger partial charge >= 0.3 is 0 Å². The molecule has 0 atom stereocenters. The smallest absolute Gasteiger partial charge is 0.258 e. The predicted molar refractivity (Wildman–Crippen MR) is 71.7 cm³/mol. The second-order valence-corrected chi connectivity index (χ2v) is 4.45. The zero-order valence-corrected chi connectivity index (χ0v) is 10.2. The number of fused-ring (bicyclic) bond motifs is 1. The number of benzene rings is 2. The molecule has 1 heterocycles. The molecule has 1 amide bonds. The lowest BCUT2D eigenvalue weighted by Gasteiger charge is -2.23. The summed E-state index contributed by atoms with van der Waals surface area (Å²) in [5.74, 6) is -0.457. The Bertz CT molecular complexity index is 646. The molecular formula is C16H12FNO. The second kappa shape index (κ2) is 4.69. The van der Waals surface area contributed by atoms with Crippen LogP contribution in [0, 0.1) is 5.82 Å². The lowest BCUT2D eigenvalue weighted by molar-refractivity contribution is 0.0813. The molecule has 2 nitrogen and oxygen atoms in total. The zero-order valence-electron chi connectivity index (χ0n) is 10.2. The van der Waals surface area contributed by atoms with Gasteiger partial charge in [-0.15, -0.1) is 0 Å². The van der Waals surface area contributed by atoms with Gasteiger partial charge in [0.15, 0.2) is 0 Å². The summed E-state index contributed by atoms with van der Waals surface area (Å²) < 4.78 is 12.9. The molecule has 0 aromatic heterocycles. The van der Waals surface area contributed by atoms with Gasteiger partial charge in [0.05, 0.1) is 6.54 Å². The molecule has 0 fully saturated rings. The van der Waals surface area contributed by atoms with Gasteiger partial charge in [-0.2, -0.15) is 0 Å². The minimum absolute atomic E-state index is 0.120. The minimum atomic E-state index is -0.337. The molecule has 3 rings (SSSR count). The van der Waals surface area contributed by atoms with Crippen molar-refractivity contribution < 1.29 is 9.18 Å². The SMILES string of the molecule is O=C(c1ccc(F)cc1)N1C=Cc2ccccc2C1. The molecule has 2 aromatic carbocycles. The fourth-order valence-electron chi connectivity index (χ4n) is 2.15. The summed E-state index contributed by atoms with van der Waals surface area (Å²) in [6, 6.07) is 13.6. The molecule has 94 valence electrons. The summed E-state index contributed by atoms with van der Waals surface area (Å²) in [5, 5.41) is 0. The molecule has 1 aliphatic heterocycles. The van der Waals surface area contributed by atoms with Gasteiger partial charge in [0.1, 0.15) is 5.82 Å². The van der Waals surface area contributed by atoms with Crippen LogP contribution in [-0.4, -0.2) is 10.8 Å². The van der Waals surface area contributed by atoms with E-state index >= 15 is 0 Å². The van der Waals surface area contributed by atoms with E-state index in [1.54, 1.807) is 11.1 Å². The molecule has 3 heteroatoms. The highest BCUT2D eigenvalue weighted by Gasteiger charge is 2.17. The van der Waals surface area contributed by atoms with Gasteiger partial charge in [-0.3, -0.25) is 4.79 Å². The lowest BCUT2D eigenvalue weighted by Crippen LogP contribution is -2.27. The highest BCUT2D eigenvalue weighted by molar-refractivity contribution is 5.95. The van der Waals surface area contributed by atoms with E-state index in [1.807, 2.05) is 30.3 Å². The zero-order chi connectivity index (χ0) is 13.2. The van der Waals surface area contributed by atoms with Crippen LogP contribution in [0.3, 0.4) is 0 Å². The molecule has 0 bridgehead atoms. The lowest BCUT2D eigenvalue weighted by atomic mass is 10.0. The minimum Gasteiger partial charge on any atom is -0.311 e. The largest absolute Gasteiger partial charge is 0.311 e. The number of halogens is 1. The third kappa shape index (κ3) is 2.27. The Labute approximate surface area is 110 Å². The van der Waals surface area contributed by atoms with Crippen LogP contribution >= 0.6 is 0 Å². The van der Waals surface area contributed by atoms with Crippen LogP contribution in [-0.2, 0) is 6.54 Å². The van der Waals surface area contributed by atoms with Crippen LogP contribution in [0.4, 0.5) is 4.39 Å². The molecule has 0 N–H and O–H groups in total. The Kier molecular flexibility index (Phi) is 2.88. The fourth-order valence-corrected chi connectivity index (χ4v) is 2.15. The maximum absolute atomic E-state index is 12.9. The molecule has 0 aliphatic carbocycles. The first-order chi connectivity index (χ1) is 9.24. The number of carbonyl (C=O) groups excluding carboxylic acids is 1. The van der Waals surface area contributed by atoms with E-state index in [-0.39, 0.29) is 11.7 Å². The Balaban J connectivity index is 1.85. The number of hydrogen-bond acceptors (Lipinski definition) is 1. The molecule has 0 saturated heterocycles. The summed E-state index contributed by atoms with van der Waals surface area (Å²) in [5.41, 5.74) is 2.73. The summed E-state index contributed by atoms with van der Waals surface area (Å²) >= 11 is 0. The number of amides is 1. The first kappa shape index (κ1) is 11.7. The van der Waals surface area contributed by atoms with Crippen LogP contribution in [0.25, 0.3) is 6.08 Å². The monoisotopic (exact) mass is 253 g/mol. The normalized spacial score (nSPS) is 13.2. The van der Waals surface area contributed by atoms with Gasteiger partial charge < -0.3 is 4.90 Å². The van der Waals surface area contributed by atoms with E-state index in [9.17, 15) is 9.18 Å². The highest BCUT2D eigenvalue weighted by atomic mass is 19.1. The molecule has 0 spiro atoms. The first-order valence-electron chi connectivity index (χ1n) is 6.07. The van der Waals surface area contributed by atoms with Gasteiger partial charge in [0.2, 0.25) is 0 Å². The number of rotatable bonds is 1. The third-order valence-electron chi connectivity index (χ3n) is 3.18. The predicted octanol–water partition coefficient (Wildman–Crippen LogP) is 3.45. The van der Waals surface area contributed by atoms with Crippen molar-refractivity contribution in [2.75, 3.05) is 0 Å².